The fourth-order valence-electron chi connectivity index (χ4n) is 1.43. The van der Waals surface area contributed by atoms with Crippen molar-refractivity contribution in [3.05, 3.63) is 23.1 Å². The van der Waals surface area contributed by atoms with Gasteiger partial charge in [-0.05, 0) is 6.92 Å². The molecule has 0 aliphatic rings. The van der Waals surface area contributed by atoms with E-state index in [0.717, 1.165) is 5.69 Å². The highest BCUT2D eigenvalue weighted by atomic mass is 32.1. The van der Waals surface area contributed by atoms with Gasteiger partial charge in [0.2, 0.25) is 0 Å². The third-order valence-electron chi connectivity index (χ3n) is 2.32. The largest absolute Gasteiger partial charge is 0.481 e. The number of nitrogens with zero attached hydrogens (tertiary/aromatic N) is 3. The number of carboxylic acid groups (broad SMARTS) is 1. The van der Waals surface area contributed by atoms with E-state index >= 15 is 0 Å². The number of rotatable bonds is 4. The van der Waals surface area contributed by atoms with E-state index in [1.54, 1.807) is 13.1 Å². The van der Waals surface area contributed by atoms with Crippen molar-refractivity contribution in [2.75, 3.05) is 5.73 Å². The van der Waals surface area contributed by atoms with Crippen LogP contribution in [0.1, 0.15) is 17.9 Å². The van der Waals surface area contributed by atoms with Gasteiger partial charge in [0.05, 0.1) is 17.7 Å². The number of aryl methyl sites for hydroxylation is 2. The molecule has 0 bridgehead atoms. The fraction of sp³-hybridized carbons (Fsp3) is 0.273. The Bertz CT molecular complexity index is 582. The van der Waals surface area contributed by atoms with Crippen LogP contribution in [-0.4, -0.2) is 26.0 Å². The van der Waals surface area contributed by atoms with Crippen molar-refractivity contribution in [1.29, 1.82) is 0 Å². The molecule has 3 N–H and O–H groups in total. The summed E-state index contributed by atoms with van der Waals surface area (Å²) in [7, 11) is 0. The second-order valence-electron chi connectivity index (χ2n) is 3.75. The molecule has 0 spiro atoms. The van der Waals surface area contributed by atoms with E-state index in [9.17, 15) is 4.79 Å². The zero-order chi connectivity index (χ0) is 13.1. The first-order valence-electron chi connectivity index (χ1n) is 5.32. The number of anilines is 1. The van der Waals surface area contributed by atoms with Gasteiger partial charge in [-0.15, -0.1) is 11.3 Å². The molecule has 7 heteroatoms. The molecule has 94 valence electrons. The number of nitrogens with two attached hydrogens (primary N) is 1. The number of aromatic nitrogens is 3. The van der Waals surface area contributed by atoms with Crippen molar-refractivity contribution in [2.45, 2.75) is 19.8 Å². The average Bonchev–Trinajstić information content (AvgIpc) is 2.75. The van der Waals surface area contributed by atoms with Crippen LogP contribution in [0, 0.1) is 6.92 Å². The van der Waals surface area contributed by atoms with Crippen molar-refractivity contribution in [1.82, 2.24) is 15.0 Å². The van der Waals surface area contributed by atoms with Crippen molar-refractivity contribution in [3.63, 3.8) is 0 Å². The van der Waals surface area contributed by atoms with Crippen molar-refractivity contribution >= 4 is 23.1 Å². The number of carboxylic acids is 1. The van der Waals surface area contributed by atoms with E-state index < -0.39 is 5.97 Å². The van der Waals surface area contributed by atoms with Crippen LogP contribution in [0.15, 0.2) is 11.6 Å². The SMILES string of the molecule is Cc1ncc(-c2nc(CCC(=O)O)cs2)c(N)n1. The second-order valence-corrected chi connectivity index (χ2v) is 4.61. The summed E-state index contributed by atoms with van der Waals surface area (Å²) in [5.41, 5.74) is 7.24. The summed E-state index contributed by atoms with van der Waals surface area (Å²) >= 11 is 1.41. The molecule has 2 aromatic heterocycles. The highest BCUT2D eigenvalue weighted by molar-refractivity contribution is 7.13. The number of carbonyl (C=O) groups is 1. The lowest BCUT2D eigenvalue weighted by Crippen LogP contribution is -1.99. The first-order chi connectivity index (χ1) is 8.56. The molecule has 2 heterocycles. The molecular formula is C11H12N4O2S. The zero-order valence-corrected chi connectivity index (χ0v) is 10.6. The Kier molecular flexibility index (Phi) is 3.52. The van der Waals surface area contributed by atoms with Gasteiger partial charge in [-0.1, -0.05) is 0 Å². The summed E-state index contributed by atoms with van der Waals surface area (Å²) in [5.74, 6) is 0.170. The summed E-state index contributed by atoms with van der Waals surface area (Å²) in [6.07, 6.45) is 2.12. The maximum absolute atomic E-state index is 10.5. The Hall–Kier alpha value is -2.02. The number of hydrogen-bond donors (Lipinski definition) is 2. The quantitative estimate of drug-likeness (QED) is 0.867. The minimum absolute atomic E-state index is 0.0725. The molecule has 0 atom stereocenters. The van der Waals surface area contributed by atoms with Gasteiger partial charge in [-0.2, -0.15) is 0 Å². The number of thiazole rings is 1. The smallest absolute Gasteiger partial charge is 0.303 e. The van der Waals surface area contributed by atoms with Gasteiger partial charge in [0, 0.05) is 18.0 Å². The van der Waals surface area contributed by atoms with Gasteiger partial charge in [0.25, 0.3) is 0 Å². The Balaban J connectivity index is 2.21. The standard InChI is InChI=1S/C11H12N4O2S/c1-6-13-4-8(10(12)14-6)11-15-7(5-18-11)2-3-9(16)17/h4-5H,2-3H2,1H3,(H,16,17)(H2,12,13,14). The van der Waals surface area contributed by atoms with Crippen LogP contribution in [0.5, 0.6) is 0 Å². The van der Waals surface area contributed by atoms with Crippen LogP contribution in [0.3, 0.4) is 0 Å². The van der Waals surface area contributed by atoms with E-state index in [-0.39, 0.29) is 6.42 Å². The van der Waals surface area contributed by atoms with Gasteiger partial charge in [-0.25, -0.2) is 15.0 Å². The molecule has 0 saturated heterocycles. The highest BCUT2D eigenvalue weighted by Crippen LogP contribution is 2.27. The summed E-state index contributed by atoms with van der Waals surface area (Å²) < 4.78 is 0. The monoisotopic (exact) mass is 264 g/mol. The number of hydrogen-bond acceptors (Lipinski definition) is 6. The van der Waals surface area contributed by atoms with E-state index in [4.69, 9.17) is 10.8 Å². The van der Waals surface area contributed by atoms with E-state index in [1.165, 1.54) is 11.3 Å². The maximum Gasteiger partial charge on any atom is 0.303 e. The predicted octanol–water partition coefficient (Wildman–Crippen LogP) is 1.51. The third-order valence-corrected chi connectivity index (χ3v) is 3.24. The first-order valence-corrected chi connectivity index (χ1v) is 6.20. The van der Waals surface area contributed by atoms with Crippen molar-refractivity contribution < 1.29 is 9.90 Å². The van der Waals surface area contributed by atoms with Gasteiger partial charge < -0.3 is 10.8 Å². The van der Waals surface area contributed by atoms with Gasteiger partial charge in [0.1, 0.15) is 16.6 Å². The summed E-state index contributed by atoms with van der Waals surface area (Å²) in [5, 5.41) is 11.2. The minimum atomic E-state index is -0.831. The Morgan fingerprint density at radius 1 is 1.50 bits per heavy atom. The topological polar surface area (TPSA) is 102 Å². The Labute approximate surface area is 108 Å². The molecular weight excluding hydrogens is 252 g/mol. The molecule has 0 aliphatic heterocycles. The lowest BCUT2D eigenvalue weighted by molar-refractivity contribution is -0.136. The fourth-order valence-corrected chi connectivity index (χ4v) is 2.31. The molecule has 0 amide bonds. The van der Waals surface area contributed by atoms with Crippen LogP contribution in [0.2, 0.25) is 0 Å². The number of aliphatic carboxylic acids is 1. The molecule has 0 radical (unpaired) electrons. The lowest BCUT2D eigenvalue weighted by atomic mass is 10.2. The van der Waals surface area contributed by atoms with Crippen molar-refractivity contribution in [3.8, 4) is 10.6 Å². The second kappa shape index (κ2) is 5.09. The van der Waals surface area contributed by atoms with Crippen LogP contribution in [0.4, 0.5) is 5.82 Å². The molecule has 18 heavy (non-hydrogen) atoms. The third kappa shape index (κ3) is 2.80. The zero-order valence-electron chi connectivity index (χ0n) is 9.75. The molecule has 2 aromatic rings. The van der Waals surface area contributed by atoms with E-state index in [0.29, 0.717) is 28.6 Å². The van der Waals surface area contributed by atoms with Gasteiger partial charge in [-0.3, -0.25) is 4.79 Å². The Morgan fingerprint density at radius 2 is 2.28 bits per heavy atom. The van der Waals surface area contributed by atoms with Crippen LogP contribution < -0.4 is 5.73 Å². The van der Waals surface area contributed by atoms with E-state index in [2.05, 4.69) is 15.0 Å². The van der Waals surface area contributed by atoms with Gasteiger partial charge >= 0.3 is 5.97 Å². The predicted molar refractivity (Wildman–Crippen MR) is 68.2 cm³/mol. The molecule has 0 fully saturated rings. The molecule has 0 saturated carbocycles. The van der Waals surface area contributed by atoms with Crippen LogP contribution in [0.25, 0.3) is 10.6 Å². The summed E-state index contributed by atoms with van der Waals surface area (Å²) in [4.78, 5) is 23.0. The molecule has 0 aliphatic carbocycles. The summed E-state index contributed by atoms with van der Waals surface area (Å²) in [6.45, 7) is 1.76. The average molecular weight is 264 g/mol. The Morgan fingerprint density at radius 3 is 2.94 bits per heavy atom. The van der Waals surface area contributed by atoms with Gasteiger partial charge in [0.15, 0.2) is 0 Å². The molecule has 0 aromatic carbocycles. The van der Waals surface area contributed by atoms with E-state index in [1.807, 2.05) is 5.38 Å². The normalized spacial score (nSPS) is 10.5. The highest BCUT2D eigenvalue weighted by Gasteiger charge is 2.10. The van der Waals surface area contributed by atoms with Crippen molar-refractivity contribution in [2.24, 2.45) is 0 Å². The number of nitrogen functional groups attached to an aromatic ring is 1. The molecule has 0 unspecified atom stereocenters. The lowest BCUT2D eigenvalue weighted by Gasteiger charge is -2.00. The molecule has 6 nitrogen and oxygen atoms in total. The van der Waals surface area contributed by atoms with Crippen LogP contribution >= 0.6 is 11.3 Å². The first kappa shape index (κ1) is 12.4. The molecule has 2 rings (SSSR count). The van der Waals surface area contributed by atoms with Crippen LogP contribution in [-0.2, 0) is 11.2 Å². The maximum atomic E-state index is 10.5. The minimum Gasteiger partial charge on any atom is -0.481 e. The summed E-state index contributed by atoms with van der Waals surface area (Å²) in [6, 6.07) is 0.